The molecule has 0 saturated carbocycles. The lowest BCUT2D eigenvalue weighted by Gasteiger charge is -2.37. The van der Waals surface area contributed by atoms with E-state index < -0.39 is 0 Å². The van der Waals surface area contributed by atoms with Crippen LogP contribution in [0, 0.1) is 18.6 Å². The van der Waals surface area contributed by atoms with Gasteiger partial charge >= 0.3 is 0 Å². The molecule has 1 saturated heterocycles. The van der Waals surface area contributed by atoms with Crippen molar-refractivity contribution in [3.8, 4) is 0 Å². The Balaban J connectivity index is 1.51. The average Bonchev–Trinajstić information content (AvgIpc) is 2.82. The van der Waals surface area contributed by atoms with E-state index in [0.717, 1.165) is 13.1 Å². The summed E-state index contributed by atoms with van der Waals surface area (Å²) in [5.74, 6) is -0.0268. The number of ether oxygens (including phenoxy) is 1. The van der Waals surface area contributed by atoms with Gasteiger partial charge in [-0.1, -0.05) is 12.1 Å². The molecule has 1 N–H and O–H groups in total. The van der Waals surface area contributed by atoms with Gasteiger partial charge < -0.3 is 19.5 Å². The number of nitrogens with zero attached hydrogens (tertiary/aromatic N) is 3. The molecule has 0 bridgehead atoms. The number of aryl methyl sites for hydroxylation is 1. The summed E-state index contributed by atoms with van der Waals surface area (Å²) in [6.07, 6.45) is 0.698. The molecule has 8 heteroatoms. The first-order valence-electron chi connectivity index (χ1n) is 11.3. The molecule has 1 aromatic heterocycles. The van der Waals surface area contributed by atoms with Crippen molar-refractivity contribution in [2.75, 3.05) is 44.8 Å². The molecule has 0 aliphatic carbocycles. The van der Waals surface area contributed by atoms with Gasteiger partial charge in [0.05, 0.1) is 10.9 Å². The van der Waals surface area contributed by atoms with Gasteiger partial charge in [0.1, 0.15) is 0 Å². The zero-order chi connectivity index (χ0) is 23.5. The van der Waals surface area contributed by atoms with Crippen molar-refractivity contribution >= 4 is 34.7 Å². The van der Waals surface area contributed by atoms with Crippen LogP contribution in [0.2, 0.25) is 0 Å². The third-order valence-electron chi connectivity index (χ3n) is 6.44. The summed E-state index contributed by atoms with van der Waals surface area (Å²) in [6.45, 7) is 8.20. The van der Waals surface area contributed by atoms with Crippen LogP contribution in [0.25, 0.3) is 10.9 Å². The number of fused-ring (bicyclic) bond motifs is 1. The van der Waals surface area contributed by atoms with Crippen LogP contribution in [0.1, 0.15) is 27.9 Å². The standard InChI is InChI=1S/C25H30N4O3S/c1-17-6-4-7-22(18(17)2)27-11-13-28(14-12-27)23(30)19-8-9-20-21(16-19)26-25(33)29(24(20)31)10-5-15-32-3/h4,6-9,16H,5,10-15H2,1-3H3,(H,26,33). The summed E-state index contributed by atoms with van der Waals surface area (Å²) in [4.78, 5) is 33.4. The maximum atomic E-state index is 13.2. The van der Waals surface area contributed by atoms with E-state index in [-0.39, 0.29) is 11.5 Å². The second-order valence-electron chi connectivity index (χ2n) is 8.49. The topological polar surface area (TPSA) is 70.6 Å². The minimum atomic E-state index is -0.147. The number of piperazine rings is 1. The van der Waals surface area contributed by atoms with Crippen LogP contribution in [0.3, 0.4) is 0 Å². The fourth-order valence-electron chi connectivity index (χ4n) is 4.37. The van der Waals surface area contributed by atoms with Crippen LogP contribution in [0.5, 0.6) is 0 Å². The number of anilines is 1. The smallest absolute Gasteiger partial charge is 0.262 e. The normalized spacial score (nSPS) is 14.2. The first kappa shape index (κ1) is 23.2. The molecule has 3 aromatic rings. The van der Waals surface area contributed by atoms with Gasteiger partial charge in [0.25, 0.3) is 11.5 Å². The van der Waals surface area contributed by atoms with Gasteiger partial charge in [0.15, 0.2) is 4.77 Å². The van der Waals surface area contributed by atoms with Crippen LogP contribution in [0.15, 0.2) is 41.2 Å². The summed E-state index contributed by atoms with van der Waals surface area (Å²) in [5.41, 5.74) is 4.80. The highest BCUT2D eigenvalue weighted by Crippen LogP contribution is 2.24. The molecule has 4 rings (SSSR count). The van der Waals surface area contributed by atoms with Gasteiger partial charge in [0.2, 0.25) is 0 Å². The zero-order valence-corrected chi connectivity index (χ0v) is 20.2. The van der Waals surface area contributed by atoms with Crippen LogP contribution in [-0.4, -0.2) is 60.3 Å². The van der Waals surface area contributed by atoms with Crippen molar-refractivity contribution in [1.82, 2.24) is 14.5 Å². The fourth-order valence-corrected chi connectivity index (χ4v) is 4.65. The van der Waals surface area contributed by atoms with Crippen molar-refractivity contribution in [3.63, 3.8) is 0 Å². The number of hydrogen-bond acceptors (Lipinski definition) is 5. The summed E-state index contributed by atoms with van der Waals surface area (Å²) < 4.78 is 6.97. The molecule has 1 amide bonds. The van der Waals surface area contributed by atoms with E-state index in [0.29, 0.717) is 53.9 Å². The summed E-state index contributed by atoms with van der Waals surface area (Å²) in [5, 5.41) is 0.525. The second-order valence-corrected chi connectivity index (χ2v) is 8.88. The third-order valence-corrected chi connectivity index (χ3v) is 6.77. The first-order valence-corrected chi connectivity index (χ1v) is 11.7. The second kappa shape index (κ2) is 9.89. The third kappa shape index (κ3) is 4.72. The molecule has 0 atom stereocenters. The predicted molar refractivity (Wildman–Crippen MR) is 134 cm³/mol. The van der Waals surface area contributed by atoms with Gasteiger partial charge in [-0.2, -0.15) is 0 Å². The molecular formula is C25H30N4O3S. The maximum absolute atomic E-state index is 13.2. The van der Waals surface area contributed by atoms with Gasteiger partial charge in [0, 0.05) is 57.7 Å². The predicted octanol–water partition coefficient (Wildman–Crippen LogP) is 3.67. The van der Waals surface area contributed by atoms with Crippen LogP contribution < -0.4 is 10.5 Å². The fraction of sp³-hybridized carbons (Fsp3) is 0.400. The molecule has 0 radical (unpaired) electrons. The molecule has 33 heavy (non-hydrogen) atoms. The molecule has 0 unspecified atom stereocenters. The van der Waals surface area contributed by atoms with Crippen molar-refractivity contribution in [2.24, 2.45) is 0 Å². The number of benzene rings is 2. The van der Waals surface area contributed by atoms with Gasteiger partial charge in [-0.15, -0.1) is 0 Å². The zero-order valence-electron chi connectivity index (χ0n) is 19.4. The number of H-pyrrole nitrogens is 1. The maximum Gasteiger partial charge on any atom is 0.262 e. The molecule has 0 spiro atoms. The van der Waals surface area contributed by atoms with E-state index >= 15 is 0 Å². The molecule has 2 aromatic carbocycles. The number of rotatable bonds is 6. The minimum absolute atomic E-state index is 0.0268. The van der Waals surface area contributed by atoms with Crippen LogP contribution >= 0.6 is 12.2 Å². The molecule has 1 aliphatic rings. The van der Waals surface area contributed by atoms with Crippen molar-refractivity contribution in [1.29, 1.82) is 0 Å². The molecule has 7 nitrogen and oxygen atoms in total. The summed E-state index contributed by atoms with van der Waals surface area (Å²) in [7, 11) is 1.63. The van der Waals surface area contributed by atoms with E-state index in [9.17, 15) is 9.59 Å². The summed E-state index contributed by atoms with van der Waals surface area (Å²) in [6, 6.07) is 11.5. The molecule has 1 aliphatic heterocycles. The Kier molecular flexibility index (Phi) is 6.95. The number of carbonyl (C=O) groups is 1. The highest BCUT2D eigenvalue weighted by atomic mass is 32.1. The molecule has 1 fully saturated rings. The van der Waals surface area contributed by atoms with Crippen LogP contribution in [0.4, 0.5) is 5.69 Å². The number of aromatic nitrogens is 2. The summed E-state index contributed by atoms with van der Waals surface area (Å²) >= 11 is 5.40. The lowest BCUT2D eigenvalue weighted by Crippen LogP contribution is -2.49. The Morgan fingerprint density at radius 2 is 1.88 bits per heavy atom. The van der Waals surface area contributed by atoms with E-state index in [1.807, 2.05) is 4.90 Å². The number of amides is 1. The number of carbonyl (C=O) groups excluding carboxylic acids is 1. The number of aromatic amines is 1. The number of methoxy groups -OCH3 is 1. The molecular weight excluding hydrogens is 436 g/mol. The Morgan fingerprint density at radius 3 is 2.61 bits per heavy atom. The Hall–Kier alpha value is -2.97. The lowest BCUT2D eigenvalue weighted by atomic mass is 10.1. The van der Waals surface area contributed by atoms with Gasteiger partial charge in [-0.05, 0) is 67.9 Å². The Bertz CT molecular complexity index is 1290. The largest absolute Gasteiger partial charge is 0.385 e. The number of hydrogen-bond donors (Lipinski definition) is 1. The minimum Gasteiger partial charge on any atom is -0.385 e. The van der Waals surface area contributed by atoms with E-state index in [4.69, 9.17) is 17.0 Å². The highest BCUT2D eigenvalue weighted by molar-refractivity contribution is 7.71. The molecule has 174 valence electrons. The van der Waals surface area contributed by atoms with Gasteiger partial charge in [-0.3, -0.25) is 14.2 Å². The molecule has 2 heterocycles. The quantitative estimate of drug-likeness (QED) is 0.443. The SMILES string of the molecule is COCCCn1c(=S)[nH]c2cc(C(=O)N3CCN(c4cccc(C)c4C)CC3)ccc2c1=O. The monoisotopic (exact) mass is 466 g/mol. The van der Waals surface area contributed by atoms with E-state index in [1.54, 1.807) is 29.9 Å². The van der Waals surface area contributed by atoms with Crippen molar-refractivity contribution < 1.29 is 9.53 Å². The lowest BCUT2D eigenvalue weighted by molar-refractivity contribution is 0.0747. The average molecular weight is 467 g/mol. The van der Waals surface area contributed by atoms with Crippen molar-refractivity contribution in [3.05, 3.63) is 68.2 Å². The Morgan fingerprint density at radius 1 is 1.12 bits per heavy atom. The Labute approximate surface area is 198 Å². The highest BCUT2D eigenvalue weighted by Gasteiger charge is 2.23. The first-order chi connectivity index (χ1) is 15.9. The van der Waals surface area contributed by atoms with Crippen molar-refractivity contribution in [2.45, 2.75) is 26.8 Å². The number of nitrogens with one attached hydrogen (secondary N) is 1. The van der Waals surface area contributed by atoms with Crippen LogP contribution in [-0.2, 0) is 11.3 Å². The van der Waals surface area contributed by atoms with E-state index in [2.05, 4.69) is 41.9 Å². The van der Waals surface area contributed by atoms with Gasteiger partial charge in [-0.25, -0.2) is 0 Å². The van der Waals surface area contributed by atoms with E-state index in [1.165, 1.54) is 16.8 Å².